The zero-order chi connectivity index (χ0) is 21.0. The van der Waals surface area contributed by atoms with Crippen molar-refractivity contribution < 1.29 is 23.8 Å². The quantitative estimate of drug-likeness (QED) is 0.748. The normalized spacial score (nSPS) is 19.8. The van der Waals surface area contributed by atoms with Gasteiger partial charge >= 0.3 is 6.09 Å². The molecule has 1 amide bonds. The Labute approximate surface area is 168 Å². The Bertz CT molecular complexity index is 574. The van der Waals surface area contributed by atoms with E-state index < -0.39 is 5.60 Å². The third-order valence-electron chi connectivity index (χ3n) is 4.01. The molecule has 2 rings (SSSR count). The van der Waals surface area contributed by atoms with Gasteiger partial charge in [0.05, 0.1) is 25.4 Å². The fraction of sp³-hybridized carbons (Fsp3) is 0.619. The van der Waals surface area contributed by atoms with E-state index >= 15 is 0 Å². The lowest BCUT2D eigenvalue weighted by molar-refractivity contribution is -0.128. The minimum absolute atomic E-state index is 0.0234. The molecule has 0 aliphatic carbocycles. The summed E-state index contributed by atoms with van der Waals surface area (Å²) in [5.74, 6) is 0. The maximum atomic E-state index is 12.0. The minimum Gasteiger partial charge on any atom is -0.468 e. The van der Waals surface area contributed by atoms with E-state index in [2.05, 4.69) is 22.0 Å². The van der Waals surface area contributed by atoms with E-state index in [9.17, 15) is 9.59 Å². The second-order valence-electron chi connectivity index (χ2n) is 7.69. The summed E-state index contributed by atoms with van der Waals surface area (Å²) in [6.45, 7) is 10.5. The van der Waals surface area contributed by atoms with Crippen LogP contribution < -0.4 is 5.32 Å². The molecule has 1 saturated heterocycles. The van der Waals surface area contributed by atoms with Gasteiger partial charge in [-0.3, -0.25) is 4.79 Å². The van der Waals surface area contributed by atoms with Crippen LogP contribution in [0.2, 0.25) is 0 Å². The molecule has 0 radical (unpaired) electrons. The average Bonchev–Trinajstić information content (AvgIpc) is 2.62. The highest BCUT2D eigenvalue weighted by Gasteiger charge is 2.31. The van der Waals surface area contributed by atoms with Gasteiger partial charge in [0.2, 0.25) is 0 Å². The number of hydrogen-bond donors (Lipinski definition) is 1. The molecule has 1 N–H and O–H groups in total. The number of carbonyl (C=O) groups is 2. The average molecular weight is 395 g/mol. The van der Waals surface area contributed by atoms with Crippen LogP contribution in [0.25, 0.3) is 0 Å². The van der Waals surface area contributed by atoms with Gasteiger partial charge in [-0.05, 0) is 53.3 Å². The molecule has 28 heavy (non-hydrogen) atoms. The van der Waals surface area contributed by atoms with Gasteiger partial charge in [0, 0.05) is 6.54 Å². The molecule has 0 spiro atoms. The highest BCUT2D eigenvalue weighted by atomic mass is 16.6. The fourth-order valence-corrected chi connectivity index (χ4v) is 2.71. The minimum atomic E-state index is -0.490. The van der Waals surface area contributed by atoms with Crippen molar-refractivity contribution in [2.24, 2.45) is 0 Å². The highest BCUT2D eigenvalue weighted by molar-refractivity contribution is 5.68. The van der Waals surface area contributed by atoms with Gasteiger partial charge in [-0.15, -0.1) is 0 Å². The molecule has 1 fully saturated rings. The number of amides is 1. The standard InChI is InChI=1S/C18H28N2O3.C3H6O2/c1-18(2,3)23-17(21)19-15-10-11-20(4)12-16(15)22-13-14-8-6-5-7-9-14;1-2-5-3-4/h5-9,15-16H,10-13H2,1-4H3,(H,19,21);3H,2H2,1H3. The van der Waals surface area contributed by atoms with Crippen LogP contribution in [-0.4, -0.2) is 62.0 Å². The van der Waals surface area contributed by atoms with Crippen molar-refractivity contribution in [1.29, 1.82) is 0 Å². The number of nitrogens with zero attached hydrogens (tertiary/aromatic N) is 1. The fourth-order valence-electron chi connectivity index (χ4n) is 2.71. The number of benzene rings is 1. The van der Waals surface area contributed by atoms with Crippen molar-refractivity contribution in [3.8, 4) is 0 Å². The van der Waals surface area contributed by atoms with Gasteiger partial charge in [-0.25, -0.2) is 4.79 Å². The second kappa shape index (κ2) is 12.4. The Morgan fingerprint density at radius 1 is 1.29 bits per heavy atom. The molecule has 7 nitrogen and oxygen atoms in total. The van der Waals surface area contributed by atoms with Crippen LogP contribution in [0.3, 0.4) is 0 Å². The molecule has 0 bridgehead atoms. The van der Waals surface area contributed by atoms with E-state index in [0.717, 1.165) is 25.1 Å². The lowest BCUT2D eigenvalue weighted by atomic mass is 10.0. The van der Waals surface area contributed by atoms with Crippen LogP contribution in [0, 0.1) is 0 Å². The van der Waals surface area contributed by atoms with Crippen LogP contribution in [0.4, 0.5) is 4.79 Å². The number of ether oxygens (including phenoxy) is 3. The molecule has 2 unspecified atom stereocenters. The van der Waals surface area contributed by atoms with E-state index in [-0.39, 0.29) is 18.2 Å². The molecule has 1 aliphatic heterocycles. The smallest absolute Gasteiger partial charge is 0.407 e. The molecular formula is C21H34N2O5. The largest absolute Gasteiger partial charge is 0.468 e. The zero-order valence-corrected chi connectivity index (χ0v) is 17.6. The lowest BCUT2D eigenvalue weighted by Gasteiger charge is -2.37. The molecular weight excluding hydrogens is 360 g/mol. The number of piperidine rings is 1. The molecule has 0 saturated carbocycles. The highest BCUT2D eigenvalue weighted by Crippen LogP contribution is 2.16. The molecule has 1 heterocycles. The number of hydrogen-bond acceptors (Lipinski definition) is 6. The topological polar surface area (TPSA) is 77.1 Å². The summed E-state index contributed by atoms with van der Waals surface area (Å²) in [6, 6.07) is 10.1. The van der Waals surface area contributed by atoms with Gasteiger partial charge < -0.3 is 24.4 Å². The maximum absolute atomic E-state index is 12.0. The Kier molecular flexibility index (Phi) is 10.6. The van der Waals surface area contributed by atoms with Crippen molar-refractivity contribution in [2.75, 3.05) is 26.7 Å². The van der Waals surface area contributed by atoms with Crippen LogP contribution in [0.1, 0.15) is 39.7 Å². The van der Waals surface area contributed by atoms with Crippen LogP contribution in [0.5, 0.6) is 0 Å². The summed E-state index contributed by atoms with van der Waals surface area (Å²) in [5.41, 5.74) is 0.646. The number of rotatable bonds is 6. The number of alkyl carbamates (subject to hydrolysis) is 1. The van der Waals surface area contributed by atoms with Crippen LogP contribution in [-0.2, 0) is 25.6 Å². The Morgan fingerprint density at radius 3 is 2.50 bits per heavy atom. The molecule has 1 aliphatic rings. The summed E-state index contributed by atoms with van der Waals surface area (Å²) >= 11 is 0. The van der Waals surface area contributed by atoms with Gasteiger partial charge in [-0.2, -0.15) is 0 Å². The summed E-state index contributed by atoms with van der Waals surface area (Å²) < 4.78 is 15.6. The molecule has 158 valence electrons. The van der Waals surface area contributed by atoms with E-state index in [0.29, 0.717) is 19.7 Å². The van der Waals surface area contributed by atoms with Crippen LogP contribution in [0.15, 0.2) is 30.3 Å². The first-order valence-corrected chi connectivity index (χ1v) is 9.64. The molecule has 1 aromatic carbocycles. The Balaban J connectivity index is 0.000000696. The first-order valence-electron chi connectivity index (χ1n) is 9.64. The van der Waals surface area contributed by atoms with Crippen molar-refractivity contribution >= 4 is 12.6 Å². The SMILES string of the molecule is CCOC=O.CN1CCC(NC(=O)OC(C)(C)C)C(OCc2ccccc2)C1. The van der Waals surface area contributed by atoms with E-state index in [1.807, 2.05) is 51.1 Å². The second-order valence-corrected chi connectivity index (χ2v) is 7.69. The third-order valence-corrected chi connectivity index (χ3v) is 4.01. The third kappa shape index (κ3) is 10.3. The molecule has 2 atom stereocenters. The number of carbonyl (C=O) groups excluding carboxylic acids is 2. The summed E-state index contributed by atoms with van der Waals surface area (Å²) in [7, 11) is 2.07. The zero-order valence-electron chi connectivity index (χ0n) is 17.6. The maximum Gasteiger partial charge on any atom is 0.407 e. The van der Waals surface area contributed by atoms with E-state index in [4.69, 9.17) is 9.47 Å². The Hall–Kier alpha value is -2.12. The van der Waals surface area contributed by atoms with Crippen LogP contribution >= 0.6 is 0 Å². The van der Waals surface area contributed by atoms with Gasteiger partial charge in [-0.1, -0.05) is 30.3 Å². The summed E-state index contributed by atoms with van der Waals surface area (Å²) in [5, 5.41) is 2.97. The van der Waals surface area contributed by atoms with Crippen molar-refractivity contribution in [1.82, 2.24) is 10.2 Å². The van der Waals surface area contributed by atoms with Crippen molar-refractivity contribution in [3.05, 3.63) is 35.9 Å². The van der Waals surface area contributed by atoms with Crippen molar-refractivity contribution in [3.63, 3.8) is 0 Å². The first kappa shape index (κ1) is 23.9. The number of likely N-dealkylation sites (tertiary alicyclic amines) is 1. The van der Waals surface area contributed by atoms with Crippen molar-refractivity contribution in [2.45, 2.75) is 58.5 Å². The lowest BCUT2D eigenvalue weighted by Crippen LogP contribution is -2.54. The molecule has 0 aromatic heterocycles. The van der Waals surface area contributed by atoms with Gasteiger partial charge in [0.1, 0.15) is 5.60 Å². The van der Waals surface area contributed by atoms with Gasteiger partial charge in [0.25, 0.3) is 6.47 Å². The monoisotopic (exact) mass is 394 g/mol. The first-order chi connectivity index (χ1) is 13.2. The predicted octanol–water partition coefficient (Wildman–Crippen LogP) is 2.98. The molecule has 7 heteroatoms. The van der Waals surface area contributed by atoms with E-state index in [1.54, 1.807) is 6.92 Å². The van der Waals surface area contributed by atoms with Gasteiger partial charge in [0.15, 0.2) is 0 Å². The molecule has 1 aromatic rings. The summed E-state index contributed by atoms with van der Waals surface area (Å²) in [4.78, 5) is 23.4. The Morgan fingerprint density at radius 2 is 1.96 bits per heavy atom. The number of likely N-dealkylation sites (N-methyl/N-ethyl adjacent to an activating group) is 1. The predicted molar refractivity (Wildman–Crippen MR) is 108 cm³/mol. The van der Waals surface area contributed by atoms with E-state index in [1.165, 1.54) is 0 Å². The summed E-state index contributed by atoms with van der Waals surface area (Å²) in [6.07, 6.45) is 0.441. The number of nitrogens with one attached hydrogen (secondary N) is 1.